The zero-order valence-electron chi connectivity index (χ0n) is 15.0. The Morgan fingerprint density at radius 1 is 1.08 bits per heavy atom. The topological polar surface area (TPSA) is 46.4 Å². The lowest BCUT2D eigenvalue weighted by Crippen LogP contribution is -2.40. The molecular weight excluding hydrogens is 314 g/mol. The number of ether oxygens (including phenoxy) is 1. The van der Waals surface area contributed by atoms with Gasteiger partial charge in [0.15, 0.2) is 0 Å². The van der Waals surface area contributed by atoms with E-state index >= 15 is 0 Å². The predicted molar refractivity (Wildman–Crippen MR) is 95.9 cm³/mol. The van der Waals surface area contributed by atoms with Crippen molar-refractivity contribution in [3.63, 3.8) is 0 Å². The molecule has 25 heavy (non-hydrogen) atoms. The number of likely N-dealkylation sites (tertiary alicyclic amines) is 1. The fourth-order valence-electron chi connectivity index (χ4n) is 4.10. The fourth-order valence-corrected chi connectivity index (χ4v) is 4.10. The second-order valence-corrected chi connectivity index (χ2v) is 7.50. The minimum absolute atomic E-state index is 0.233. The molecule has 2 saturated heterocycles. The van der Waals surface area contributed by atoms with E-state index in [0.29, 0.717) is 0 Å². The van der Waals surface area contributed by atoms with Gasteiger partial charge in [-0.2, -0.15) is 0 Å². The molecule has 0 aromatic carbocycles. The van der Waals surface area contributed by atoms with Crippen molar-refractivity contribution < 1.29 is 4.74 Å². The normalized spacial score (nSPS) is 25.5. The van der Waals surface area contributed by atoms with Crippen LogP contribution in [-0.4, -0.2) is 63.7 Å². The van der Waals surface area contributed by atoms with Gasteiger partial charge in [0, 0.05) is 57.2 Å². The highest BCUT2D eigenvalue weighted by Crippen LogP contribution is 2.34. The number of aromatic nitrogens is 3. The lowest BCUT2D eigenvalue weighted by atomic mass is 9.87. The fraction of sp³-hybridized carbons (Fsp3) is 0.579. The molecule has 0 amide bonds. The third kappa shape index (κ3) is 3.92. The van der Waals surface area contributed by atoms with E-state index in [-0.39, 0.29) is 5.41 Å². The molecule has 1 spiro atoms. The highest BCUT2D eigenvalue weighted by Gasteiger charge is 2.41. The Labute approximate surface area is 149 Å². The molecule has 0 unspecified atom stereocenters. The molecule has 6 nitrogen and oxygen atoms in total. The molecular formula is C19H27N5O. The molecule has 0 aliphatic carbocycles. The highest BCUT2D eigenvalue weighted by atomic mass is 16.5. The highest BCUT2D eigenvalue weighted by molar-refractivity contribution is 5.04. The minimum atomic E-state index is 0.233. The molecule has 2 aromatic rings. The molecule has 0 radical (unpaired) electrons. The Morgan fingerprint density at radius 2 is 1.96 bits per heavy atom. The first-order valence-corrected chi connectivity index (χ1v) is 9.11. The van der Waals surface area contributed by atoms with Crippen LogP contribution in [0.5, 0.6) is 0 Å². The Balaban J connectivity index is 1.41. The van der Waals surface area contributed by atoms with Crippen LogP contribution in [0.25, 0.3) is 0 Å². The quantitative estimate of drug-likeness (QED) is 0.844. The summed E-state index contributed by atoms with van der Waals surface area (Å²) >= 11 is 0. The summed E-state index contributed by atoms with van der Waals surface area (Å²) in [5.74, 6) is 1.14. The smallest absolute Gasteiger partial charge is 0.122 e. The largest absolute Gasteiger partial charge is 0.379 e. The Morgan fingerprint density at radius 3 is 2.72 bits per heavy atom. The van der Waals surface area contributed by atoms with Crippen LogP contribution in [0.1, 0.15) is 17.9 Å². The summed E-state index contributed by atoms with van der Waals surface area (Å²) in [6.07, 6.45) is 6.97. The van der Waals surface area contributed by atoms with Crippen LogP contribution in [0, 0.1) is 5.41 Å². The van der Waals surface area contributed by atoms with Crippen LogP contribution in [0.4, 0.5) is 0 Å². The first-order chi connectivity index (χ1) is 12.2. The second kappa shape index (κ2) is 7.23. The second-order valence-electron chi connectivity index (χ2n) is 7.50. The third-order valence-electron chi connectivity index (χ3n) is 5.43. The van der Waals surface area contributed by atoms with Crippen molar-refractivity contribution in [2.75, 3.05) is 39.4 Å². The van der Waals surface area contributed by atoms with Gasteiger partial charge in [-0.05, 0) is 25.1 Å². The molecule has 4 heterocycles. The lowest BCUT2D eigenvalue weighted by molar-refractivity contribution is 0.0703. The van der Waals surface area contributed by atoms with Gasteiger partial charge >= 0.3 is 0 Å². The molecule has 134 valence electrons. The molecule has 2 fully saturated rings. The Bertz CT molecular complexity index is 688. The number of nitrogens with zero attached hydrogens (tertiary/aromatic N) is 5. The Kier molecular flexibility index (Phi) is 4.83. The first-order valence-electron chi connectivity index (χ1n) is 9.11. The van der Waals surface area contributed by atoms with Crippen molar-refractivity contribution in [1.82, 2.24) is 24.3 Å². The number of rotatable bonds is 4. The van der Waals surface area contributed by atoms with Gasteiger partial charge in [0.25, 0.3) is 0 Å². The first kappa shape index (κ1) is 16.7. The summed E-state index contributed by atoms with van der Waals surface area (Å²) in [6, 6.07) is 6.15. The molecule has 0 saturated carbocycles. The SMILES string of the molecule is Cn1ccnc1CN1CC[C@@]2(COCCN(Cc3ccccn3)C2)C1. The predicted octanol–water partition coefficient (Wildman–Crippen LogP) is 1.54. The summed E-state index contributed by atoms with van der Waals surface area (Å²) in [4.78, 5) is 14.0. The summed E-state index contributed by atoms with van der Waals surface area (Å²) in [6.45, 7) is 7.78. The van der Waals surface area contributed by atoms with Crippen molar-refractivity contribution in [3.05, 3.63) is 48.3 Å². The maximum Gasteiger partial charge on any atom is 0.122 e. The van der Waals surface area contributed by atoms with Gasteiger partial charge in [0.05, 0.1) is 25.5 Å². The zero-order valence-corrected chi connectivity index (χ0v) is 15.0. The average molecular weight is 341 g/mol. The van der Waals surface area contributed by atoms with Gasteiger partial charge in [-0.25, -0.2) is 4.98 Å². The summed E-state index contributed by atoms with van der Waals surface area (Å²) in [5.41, 5.74) is 1.37. The van der Waals surface area contributed by atoms with Crippen LogP contribution in [0.15, 0.2) is 36.8 Å². The Hall–Kier alpha value is -1.76. The van der Waals surface area contributed by atoms with E-state index in [0.717, 1.165) is 64.0 Å². The van der Waals surface area contributed by atoms with E-state index in [9.17, 15) is 0 Å². The van der Waals surface area contributed by atoms with Crippen molar-refractivity contribution >= 4 is 0 Å². The van der Waals surface area contributed by atoms with Gasteiger partial charge in [-0.1, -0.05) is 6.07 Å². The molecule has 6 heteroatoms. The number of hydrogen-bond donors (Lipinski definition) is 0. The van der Waals surface area contributed by atoms with Crippen LogP contribution >= 0.6 is 0 Å². The van der Waals surface area contributed by atoms with Gasteiger partial charge in [-0.3, -0.25) is 14.8 Å². The summed E-state index contributed by atoms with van der Waals surface area (Å²) in [7, 11) is 2.07. The molecule has 2 aromatic heterocycles. The third-order valence-corrected chi connectivity index (χ3v) is 5.43. The van der Waals surface area contributed by atoms with E-state index < -0.39 is 0 Å². The monoisotopic (exact) mass is 341 g/mol. The van der Waals surface area contributed by atoms with Crippen molar-refractivity contribution in [2.24, 2.45) is 12.5 Å². The zero-order chi connectivity index (χ0) is 17.1. The van der Waals surface area contributed by atoms with E-state index in [2.05, 4.69) is 43.5 Å². The van der Waals surface area contributed by atoms with Crippen molar-refractivity contribution in [1.29, 1.82) is 0 Å². The lowest BCUT2D eigenvalue weighted by Gasteiger charge is -2.31. The molecule has 2 aliphatic rings. The minimum Gasteiger partial charge on any atom is -0.379 e. The van der Waals surface area contributed by atoms with Gasteiger partial charge in [0.2, 0.25) is 0 Å². The van der Waals surface area contributed by atoms with Crippen LogP contribution < -0.4 is 0 Å². The summed E-state index contributed by atoms with van der Waals surface area (Å²) < 4.78 is 8.11. The van der Waals surface area contributed by atoms with E-state index in [1.807, 2.05) is 24.7 Å². The number of imidazole rings is 1. The molecule has 0 bridgehead atoms. The molecule has 1 atom stereocenters. The van der Waals surface area contributed by atoms with Crippen LogP contribution in [0.3, 0.4) is 0 Å². The number of hydrogen-bond acceptors (Lipinski definition) is 5. The summed E-state index contributed by atoms with van der Waals surface area (Å²) in [5, 5.41) is 0. The van der Waals surface area contributed by atoms with E-state index in [1.165, 1.54) is 6.42 Å². The maximum absolute atomic E-state index is 6.00. The van der Waals surface area contributed by atoms with Crippen molar-refractivity contribution in [2.45, 2.75) is 19.5 Å². The van der Waals surface area contributed by atoms with E-state index in [1.54, 1.807) is 0 Å². The van der Waals surface area contributed by atoms with Crippen LogP contribution in [0.2, 0.25) is 0 Å². The maximum atomic E-state index is 6.00. The van der Waals surface area contributed by atoms with Gasteiger partial charge < -0.3 is 9.30 Å². The molecule has 0 N–H and O–H groups in total. The van der Waals surface area contributed by atoms with Crippen LogP contribution in [-0.2, 0) is 24.9 Å². The number of aryl methyl sites for hydroxylation is 1. The van der Waals surface area contributed by atoms with Crippen molar-refractivity contribution in [3.8, 4) is 0 Å². The standard InChI is InChI=1S/C19H27N5O/c1-22-9-7-21-18(22)13-23-8-5-19(14-23)15-24(10-11-25-16-19)12-17-4-2-3-6-20-17/h2-4,6-7,9H,5,8,10-16H2,1H3/t19-/m1/s1. The van der Waals surface area contributed by atoms with Gasteiger partial charge in [0.1, 0.15) is 5.82 Å². The van der Waals surface area contributed by atoms with Gasteiger partial charge in [-0.15, -0.1) is 0 Å². The number of pyridine rings is 1. The molecule has 4 rings (SSSR count). The molecule has 2 aliphatic heterocycles. The van der Waals surface area contributed by atoms with E-state index in [4.69, 9.17) is 4.74 Å². The average Bonchev–Trinajstić information content (AvgIpc) is 3.13.